The molecule has 0 bridgehead atoms. The van der Waals surface area contributed by atoms with Crippen LogP contribution >= 0.6 is 31.7 Å². The molecule has 0 aliphatic carbocycles. The van der Waals surface area contributed by atoms with E-state index in [-0.39, 0.29) is 0 Å². The zero-order valence-corrected chi connectivity index (χ0v) is 8.89. The van der Waals surface area contributed by atoms with Gasteiger partial charge in [0.15, 0.2) is 0 Å². The zero-order valence-electron chi connectivity index (χ0n) is 6.29. The van der Waals surface area contributed by atoms with E-state index in [0.717, 1.165) is 5.70 Å². The molecule has 2 nitrogen and oxygen atoms in total. The summed E-state index contributed by atoms with van der Waals surface area (Å²) < 4.78 is 5.08. The van der Waals surface area contributed by atoms with Gasteiger partial charge in [0.1, 0.15) is 0 Å². The van der Waals surface area contributed by atoms with E-state index in [1.807, 2.05) is 26.2 Å². The van der Waals surface area contributed by atoms with Crippen LogP contribution in [0.2, 0.25) is 0 Å². The van der Waals surface area contributed by atoms with Crippen LogP contribution < -0.4 is 5.48 Å². The van der Waals surface area contributed by atoms with Crippen LogP contribution in [0.25, 0.3) is 0 Å². The van der Waals surface area contributed by atoms with E-state index in [1.165, 1.54) is 0 Å². The smallest absolute Gasteiger partial charge is 0.0317 e. The van der Waals surface area contributed by atoms with E-state index in [4.69, 9.17) is 4.28 Å². The summed E-state index contributed by atoms with van der Waals surface area (Å²) in [6, 6.07) is 0. The molecule has 0 radical (unpaired) electrons. The molecule has 0 fully saturated rings. The molecular formula is C5H13NOS3. The van der Waals surface area contributed by atoms with Crippen LogP contribution in [0.4, 0.5) is 0 Å². The van der Waals surface area contributed by atoms with Gasteiger partial charge in [-0.05, 0) is 22.2 Å². The van der Waals surface area contributed by atoms with E-state index in [0.29, 0.717) is 0 Å². The topological polar surface area (TPSA) is 21.3 Å². The summed E-state index contributed by atoms with van der Waals surface area (Å²) in [4.78, 5) is 0. The Balaban J connectivity index is 3.56. The van der Waals surface area contributed by atoms with E-state index in [2.05, 4.69) is 28.8 Å². The summed E-state index contributed by atoms with van der Waals surface area (Å²) >= 11 is 8.21. The van der Waals surface area contributed by atoms with Crippen LogP contribution in [0.1, 0.15) is 13.8 Å². The average molecular weight is 199 g/mol. The highest BCUT2D eigenvalue weighted by Crippen LogP contribution is 2.53. The van der Waals surface area contributed by atoms with Gasteiger partial charge in [0, 0.05) is 12.0 Å². The maximum Gasteiger partial charge on any atom is 0.0317 e. The molecule has 0 spiro atoms. The van der Waals surface area contributed by atoms with Gasteiger partial charge in [0.25, 0.3) is 0 Å². The minimum atomic E-state index is -1.49. The highest BCUT2D eigenvalue weighted by atomic mass is 33.5. The zero-order chi connectivity index (χ0) is 8.20. The third kappa shape index (κ3) is 6.67. The average Bonchev–Trinajstić information content (AvgIpc) is 1.81. The molecule has 5 heteroatoms. The maximum atomic E-state index is 5.08. The summed E-state index contributed by atoms with van der Waals surface area (Å²) in [5.41, 5.74) is 3.68. The summed E-state index contributed by atoms with van der Waals surface area (Å²) in [6.45, 7) is 3.84. The molecule has 0 amide bonds. The summed E-state index contributed by atoms with van der Waals surface area (Å²) in [7, 11) is -1.49. The predicted molar refractivity (Wildman–Crippen MR) is 55.1 cm³/mol. The van der Waals surface area contributed by atoms with Crippen molar-refractivity contribution in [3.8, 4) is 0 Å². The Kier molecular flexibility index (Phi) is 4.68. The Hall–Kier alpha value is 0.550. The molecule has 0 saturated heterocycles. The molecule has 10 heavy (non-hydrogen) atoms. The Morgan fingerprint density at radius 1 is 1.60 bits per heavy atom. The van der Waals surface area contributed by atoms with Crippen LogP contribution in [0.15, 0.2) is 11.8 Å². The molecule has 0 saturated carbocycles. The minimum absolute atomic E-state index is 0.960. The van der Waals surface area contributed by atoms with Crippen LogP contribution in [0, 0.1) is 0 Å². The Morgan fingerprint density at radius 3 is 2.40 bits per heavy atom. The molecule has 0 aromatic heterocycles. The van der Waals surface area contributed by atoms with Crippen molar-refractivity contribution in [1.29, 1.82) is 0 Å². The van der Waals surface area contributed by atoms with Gasteiger partial charge < -0.3 is 0 Å². The summed E-state index contributed by atoms with van der Waals surface area (Å²) in [6.07, 6.45) is 3.72. The van der Waals surface area contributed by atoms with Gasteiger partial charge >= 0.3 is 0 Å². The number of hydroxylamine groups is 1. The highest BCUT2D eigenvalue weighted by molar-refractivity contribution is 9.15. The molecule has 0 unspecified atom stereocenters. The van der Waals surface area contributed by atoms with Crippen molar-refractivity contribution in [2.75, 3.05) is 6.26 Å². The number of hydrogen-bond donors (Lipinski definition) is 3. The third-order valence-corrected chi connectivity index (χ3v) is 1.64. The van der Waals surface area contributed by atoms with Gasteiger partial charge in [0.2, 0.25) is 0 Å². The van der Waals surface area contributed by atoms with Crippen molar-refractivity contribution >= 4 is 31.7 Å². The molecule has 0 aromatic carbocycles. The second-order valence-electron chi connectivity index (χ2n) is 1.92. The first-order valence-electron chi connectivity index (χ1n) is 2.76. The van der Waals surface area contributed by atoms with Crippen LogP contribution in [0.5, 0.6) is 0 Å². The quantitative estimate of drug-likeness (QED) is 0.369. The second-order valence-corrected chi connectivity index (χ2v) is 8.66. The lowest BCUT2D eigenvalue weighted by molar-refractivity contribution is 0.275. The largest absolute Gasteiger partial charge is 0.259 e. The van der Waals surface area contributed by atoms with E-state index < -0.39 is 8.37 Å². The van der Waals surface area contributed by atoms with Crippen LogP contribution in [0.3, 0.4) is 0 Å². The third-order valence-electron chi connectivity index (χ3n) is 0.794. The Morgan fingerprint density at radius 2 is 2.10 bits per heavy atom. The van der Waals surface area contributed by atoms with Crippen molar-refractivity contribution < 1.29 is 4.28 Å². The SMILES string of the molecule is C/C=C(/C)NOS(C)(S)S. The molecular weight excluding hydrogens is 186 g/mol. The molecule has 0 atom stereocenters. The van der Waals surface area contributed by atoms with E-state index >= 15 is 0 Å². The predicted octanol–water partition coefficient (Wildman–Crippen LogP) is 2.47. The lowest BCUT2D eigenvalue weighted by Crippen LogP contribution is -2.10. The number of allylic oxidation sites excluding steroid dienone is 2. The van der Waals surface area contributed by atoms with Crippen molar-refractivity contribution in [3.05, 3.63) is 11.8 Å². The van der Waals surface area contributed by atoms with Gasteiger partial charge in [-0.25, -0.2) is 4.28 Å². The fourth-order valence-electron chi connectivity index (χ4n) is 0.204. The van der Waals surface area contributed by atoms with Crippen molar-refractivity contribution in [3.63, 3.8) is 0 Å². The first-order valence-corrected chi connectivity index (χ1v) is 6.83. The first-order chi connectivity index (χ1) is 4.45. The fourth-order valence-corrected chi connectivity index (χ4v) is 0.717. The van der Waals surface area contributed by atoms with Crippen LogP contribution in [-0.4, -0.2) is 6.26 Å². The fraction of sp³-hybridized carbons (Fsp3) is 0.600. The number of rotatable bonds is 3. The van der Waals surface area contributed by atoms with Gasteiger partial charge in [-0.3, -0.25) is 5.48 Å². The first kappa shape index (κ1) is 10.6. The molecule has 0 rings (SSSR count). The molecule has 62 valence electrons. The standard InChI is InChI=1S/C5H13NOS3/c1-4-5(2)6-7-10(3,8)9/h4,6,8-9H,1-3H3/b5-4-. The van der Waals surface area contributed by atoms with Crippen molar-refractivity contribution in [2.45, 2.75) is 13.8 Å². The lowest BCUT2D eigenvalue weighted by Gasteiger charge is -2.22. The summed E-state index contributed by atoms with van der Waals surface area (Å²) in [5, 5.41) is 0. The number of thiol groups is 2. The molecule has 0 heterocycles. The van der Waals surface area contributed by atoms with Gasteiger partial charge in [-0.1, -0.05) is 29.4 Å². The normalized spacial score (nSPS) is 15.1. The van der Waals surface area contributed by atoms with Gasteiger partial charge in [-0.2, -0.15) is 0 Å². The second kappa shape index (κ2) is 4.43. The lowest BCUT2D eigenvalue weighted by atomic mass is 10.5. The van der Waals surface area contributed by atoms with Crippen molar-refractivity contribution in [2.24, 2.45) is 0 Å². The van der Waals surface area contributed by atoms with E-state index in [9.17, 15) is 0 Å². The molecule has 0 aromatic rings. The Bertz CT molecular complexity index is 129. The minimum Gasteiger partial charge on any atom is -0.259 e. The Labute approximate surface area is 73.5 Å². The maximum absolute atomic E-state index is 5.08. The summed E-state index contributed by atoms with van der Waals surface area (Å²) in [5.74, 6) is 0. The monoisotopic (exact) mass is 199 g/mol. The molecule has 0 aliphatic heterocycles. The van der Waals surface area contributed by atoms with Crippen LogP contribution in [-0.2, 0) is 4.28 Å². The number of nitrogens with one attached hydrogen (secondary N) is 1. The van der Waals surface area contributed by atoms with Gasteiger partial charge in [-0.15, -0.1) is 0 Å². The molecule has 1 N–H and O–H groups in total. The van der Waals surface area contributed by atoms with Crippen molar-refractivity contribution in [1.82, 2.24) is 5.48 Å². The number of hydrogen-bond acceptors (Lipinski definition) is 4. The van der Waals surface area contributed by atoms with Gasteiger partial charge in [0.05, 0.1) is 0 Å². The highest BCUT2D eigenvalue weighted by Gasteiger charge is 2.05. The van der Waals surface area contributed by atoms with E-state index in [1.54, 1.807) is 0 Å². The molecule has 0 aliphatic rings.